The fourth-order valence-corrected chi connectivity index (χ4v) is 0.249. The molecule has 0 atom stereocenters. The molecule has 0 heterocycles. The number of hydrogen-bond acceptors (Lipinski definition) is 3. The Kier molecular flexibility index (Phi) is 3.56. The monoisotopic (exact) mass is 116 g/mol. The van der Waals surface area contributed by atoms with E-state index in [4.69, 9.17) is 0 Å². The highest BCUT2D eigenvalue weighted by molar-refractivity contribution is 5.87. The number of oxime groups is 1. The Bertz CT molecular complexity index is 100. The highest BCUT2D eigenvalue weighted by Gasteiger charge is 1.81. The Labute approximate surface area is 47.5 Å². The molecule has 0 aliphatic rings. The van der Waals surface area contributed by atoms with Crippen LogP contribution in [0.2, 0.25) is 0 Å². The highest BCUT2D eigenvalue weighted by Crippen LogP contribution is 1.68. The molecule has 0 aromatic heterocycles. The van der Waals surface area contributed by atoms with E-state index in [1.807, 2.05) is 0 Å². The number of nitrogens with one attached hydrogen (secondary N) is 1. The van der Waals surface area contributed by atoms with Gasteiger partial charge in [0.25, 0.3) is 0 Å². The van der Waals surface area contributed by atoms with Gasteiger partial charge in [-0.05, 0) is 6.92 Å². The topological polar surface area (TPSA) is 50.7 Å². The summed E-state index contributed by atoms with van der Waals surface area (Å²) in [6.07, 6.45) is 0.540. The lowest BCUT2D eigenvalue weighted by Crippen LogP contribution is -2.17. The van der Waals surface area contributed by atoms with Gasteiger partial charge in [-0.1, -0.05) is 5.16 Å². The summed E-state index contributed by atoms with van der Waals surface area (Å²) in [6.45, 7) is 1.62. The zero-order valence-corrected chi connectivity index (χ0v) is 4.84. The lowest BCUT2D eigenvalue weighted by Gasteiger charge is -1.91. The Morgan fingerprint density at radius 1 is 1.88 bits per heavy atom. The number of nitrogens with zero attached hydrogens (tertiary/aromatic N) is 1. The van der Waals surface area contributed by atoms with Gasteiger partial charge in [-0.15, -0.1) is 0 Å². The van der Waals surface area contributed by atoms with Crippen molar-refractivity contribution in [3.05, 3.63) is 0 Å². The van der Waals surface area contributed by atoms with Crippen molar-refractivity contribution in [1.82, 2.24) is 5.32 Å². The molecule has 0 aromatic carbocycles. The smallest absolute Gasteiger partial charge is 0.212 e. The van der Waals surface area contributed by atoms with E-state index >= 15 is 0 Å². The van der Waals surface area contributed by atoms with E-state index in [9.17, 15) is 4.79 Å². The second kappa shape index (κ2) is 4.11. The Morgan fingerprint density at radius 2 is 2.50 bits per heavy atom. The van der Waals surface area contributed by atoms with Gasteiger partial charge in [-0.3, -0.25) is 4.79 Å². The van der Waals surface area contributed by atoms with Crippen LogP contribution in [-0.2, 0) is 9.63 Å². The van der Waals surface area contributed by atoms with Crippen LogP contribution in [0.3, 0.4) is 0 Å². The molecule has 0 bridgehead atoms. The fraction of sp³-hybridized carbons (Fsp3) is 0.500. The molecule has 46 valence electrons. The van der Waals surface area contributed by atoms with Gasteiger partial charge in [-0.25, -0.2) is 0 Å². The predicted octanol–water partition coefficient (Wildman–Crippen LogP) is -0.288. The Hall–Kier alpha value is -1.06. The molecular weight excluding hydrogens is 108 g/mol. The molecule has 0 aliphatic carbocycles. The van der Waals surface area contributed by atoms with Gasteiger partial charge in [0.1, 0.15) is 12.9 Å². The summed E-state index contributed by atoms with van der Waals surface area (Å²) in [5.41, 5.74) is 0. The Balaban J connectivity index is 3.44. The van der Waals surface area contributed by atoms with Crippen molar-refractivity contribution >= 4 is 12.2 Å². The maximum atomic E-state index is 9.64. The van der Waals surface area contributed by atoms with Crippen LogP contribution < -0.4 is 5.32 Å². The van der Waals surface area contributed by atoms with Crippen LogP contribution >= 0.6 is 0 Å². The molecule has 0 unspecified atom stereocenters. The number of amides is 1. The molecule has 0 saturated carbocycles. The van der Waals surface area contributed by atoms with Crippen LogP contribution in [0.15, 0.2) is 5.16 Å². The molecule has 8 heavy (non-hydrogen) atoms. The molecule has 0 aromatic rings. The molecule has 0 radical (unpaired) electrons. The lowest BCUT2D eigenvalue weighted by molar-refractivity contribution is -0.108. The van der Waals surface area contributed by atoms with Crippen molar-refractivity contribution in [2.75, 3.05) is 7.11 Å². The molecule has 1 N–H and O–H groups in total. The molecule has 1 amide bonds. The molecule has 4 heteroatoms. The van der Waals surface area contributed by atoms with Crippen LogP contribution in [0.25, 0.3) is 0 Å². The summed E-state index contributed by atoms with van der Waals surface area (Å²) in [6, 6.07) is 0. The average Bonchev–Trinajstić information content (AvgIpc) is 1.68. The van der Waals surface area contributed by atoms with E-state index in [2.05, 4.69) is 15.3 Å². The normalized spacial score (nSPS) is 10.5. The molecular formula is C4H8N2O2. The molecule has 0 spiro atoms. The number of hydrogen-bond donors (Lipinski definition) is 1. The van der Waals surface area contributed by atoms with E-state index in [0.29, 0.717) is 12.2 Å². The minimum atomic E-state index is 0.447. The first-order chi connectivity index (χ1) is 3.81. The van der Waals surface area contributed by atoms with E-state index < -0.39 is 0 Å². The molecule has 0 saturated heterocycles. The largest absolute Gasteiger partial charge is 0.398 e. The first-order valence-corrected chi connectivity index (χ1v) is 2.09. The minimum Gasteiger partial charge on any atom is -0.398 e. The second-order valence-electron chi connectivity index (χ2n) is 1.12. The fourth-order valence-electron chi connectivity index (χ4n) is 0.249. The van der Waals surface area contributed by atoms with Crippen LogP contribution in [-0.4, -0.2) is 19.4 Å². The summed E-state index contributed by atoms with van der Waals surface area (Å²) in [4.78, 5) is 14.0. The van der Waals surface area contributed by atoms with Gasteiger partial charge < -0.3 is 10.2 Å². The summed E-state index contributed by atoms with van der Waals surface area (Å²) < 4.78 is 0. The van der Waals surface area contributed by atoms with Crippen molar-refractivity contribution in [3.8, 4) is 0 Å². The molecule has 0 aliphatic heterocycles. The van der Waals surface area contributed by atoms with Crippen LogP contribution in [0, 0.1) is 0 Å². The lowest BCUT2D eigenvalue weighted by atomic mass is 10.7. The third-order valence-corrected chi connectivity index (χ3v) is 0.496. The maximum Gasteiger partial charge on any atom is 0.212 e. The standard InChI is InChI=1S/C4H8N2O2/c1-4(5-3-7)6-8-2/h3H,1-2H3,(H,5,6,7). The van der Waals surface area contributed by atoms with Gasteiger partial charge in [-0.2, -0.15) is 0 Å². The van der Waals surface area contributed by atoms with Gasteiger partial charge >= 0.3 is 0 Å². The van der Waals surface area contributed by atoms with Gasteiger partial charge in [0.2, 0.25) is 6.41 Å². The van der Waals surface area contributed by atoms with Crippen molar-refractivity contribution in [2.45, 2.75) is 6.92 Å². The van der Waals surface area contributed by atoms with E-state index in [-0.39, 0.29) is 0 Å². The van der Waals surface area contributed by atoms with Crippen LogP contribution in [0.1, 0.15) is 6.92 Å². The van der Waals surface area contributed by atoms with Gasteiger partial charge in [0, 0.05) is 0 Å². The minimum absolute atomic E-state index is 0.447. The third kappa shape index (κ3) is 3.14. The van der Waals surface area contributed by atoms with E-state index in [1.54, 1.807) is 6.92 Å². The van der Waals surface area contributed by atoms with Crippen molar-refractivity contribution < 1.29 is 9.63 Å². The summed E-state index contributed by atoms with van der Waals surface area (Å²) in [5.74, 6) is 0.447. The number of amidine groups is 1. The second-order valence-corrected chi connectivity index (χ2v) is 1.12. The quantitative estimate of drug-likeness (QED) is 0.233. The number of carbonyl (C=O) groups excluding carboxylic acids is 1. The van der Waals surface area contributed by atoms with E-state index in [1.165, 1.54) is 7.11 Å². The molecule has 0 rings (SSSR count). The predicted molar refractivity (Wildman–Crippen MR) is 29.3 cm³/mol. The van der Waals surface area contributed by atoms with Crippen molar-refractivity contribution in [1.29, 1.82) is 0 Å². The van der Waals surface area contributed by atoms with E-state index in [0.717, 1.165) is 0 Å². The average molecular weight is 116 g/mol. The van der Waals surface area contributed by atoms with Crippen LogP contribution in [0.4, 0.5) is 0 Å². The summed E-state index contributed by atoms with van der Waals surface area (Å²) in [5, 5.41) is 5.68. The molecule has 0 fully saturated rings. The highest BCUT2D eigenvalue weighted by atomic mass is 16.6. The zero-order chi connectivity index (χ0) is 6.41. The summed E-state index contributed by atoms with van der Waals surface area (Å²) in [7, 11) is 1.41. The third-order valence-electron chi connectivity index (χ3n) is 0.496. The van der Waals surface area contributed by atoms with Crippen molar-refractivity contribution in [3.63, 3.8) is 0 Å². The first-order valence-electron chi connectivity index (χ1n) is 2.09. The first kappa shape index (κ1) is 6.94. The van der Waals surface area contributed by atoms with Gasteiger partial charge in [0.05, 0.1) is 0 Å². The number of carbonyl (C=O) groups is 1. The number of rotatable bonds is 2. The van der Waals surface area contributed by atoms with Crippen LogP contribution in [0.5, 0.6) is 0 Å². The maximum absolute atomic E-state index is 9.64. The molecule has 4 nitrogen and oxygen atoms in total. The summed E-state index contributed by atoms with van der Waals surface area (Å²) >= 11 is 0. The SMILES string of the molecule is CO/N=C(/C)NC=O. The van der Waals surface area contributed by atoms with Crippen molar-refractivity contribution in [2.24, 2.45) is 5.16 Å². The van der Waals surface area contributed by atoms with Gasteiger partial charge in [0.15, 0.2) is 0 Å². The Morgan fingerprint density at radius 3 is 2.88 bits per heavy atom. The zero-order valence-electron chi connectivity index (χ0n) is 4.84.